The Morgan fingerprint density at radius 3 is 2.49 bits per heavy atom. The molecule has 1 aliphatic heterocycles. The van der Waals surface area contributed by atoms with E-state index in [9.17, 15) is 18.4 Å². The molecule has 1 aliphatic carbocycles. The van der Waals surface area contributed by atoms with Gasteiger partial charge in [-0.2, -0.15) is 0 Å². The third-order valence-corrected chi connectivity index (χ3v) is 7.63. The van der Waals surface area contributed by atoms with Gasteiger partial charge in [-0.05, 0) is 72.7 Å². The first-order valence-electron chi connectivity index (χ1n) is 12.4. The van der Waals surface area contributed by atoms with E-state index in [1.165, 1.54) is 11.8 Å². The molecule has 0 spiro atoms. The highest BCUT2D eigenvalue weighted by atomic mass is 32.2. The number of allylic oxidation sites excluding steroid dienone is 7. The lowest BCUT2D eigenvalue weighted by Gasteiger charge is -2.18. The second-order valence-corrected chi connectivity index (χ2v) is 10.1. The summed E-state index contributed by atoms with van der Waals surface area (Å²) in [4.78, 5) is 25.9. The highest BCUT2D eigenvalue weighted by Gasteiger charge is 2.21. The number of nitrogens with zero attached hydrogens (tertiary/aromatic N) is 1. The maximum atomic E-state index is 14.3. The predicted octanol–water partition coefficient (Wildman–Crippen LogP) is 6.68. The number of carbonyl (C=O) groups is 1. The van der Waals surface area contributed by atoms with E-state index in [4.69, 9.17) is 9.47 Å². The molecule has 0 bridgehead atoms. The quantitative estimate of drug-likeness (QED) is 0.334. The van der Waals surface area contributed by atoms with Crippen LogP contribution in [-0.4, -0.2) is 29.6 Å². The predicted molar refractivity (Wildman–Crippen MR) is 151 cm³/mol. The number of pyridine rings is 1. The average Bonchev–Trinajstić information content (AvgIpc) is 3.31. The molecule has 1 aromatic heterocycles. The molecule has 0 atom stereocenters. The van der Waals surface area contributed by atoms with Crippen molar-refractivity contribution in [3.63, 3.8) is 0 Å². The molecule has 1 amide bonds. The standard InChI is InChI=1S/C30H26F2N2O4S/c1-18(26-17-33-30(36)39-26)19-10-12-21(13-11-19)37-14-15-38-29-27(20-6-5-8-23(31)24(32)16-20)34(2)25-9-4-3-7-22(25)28(29)35/h3-4,6-13,16H,5,14-15,17H2,1-2H3,(H,33,36)/b26-18+. The highest BCUT2D eigenvalue weighted by molar-refractivity contribution is 8.17. The molecule has 1 fully saturated rings. The van der Waals surface area contributed by atoms with Crippen LogP contribution < -0.4 is 20.2 Å². The molecule has 0 saturated carbocycles. The van der Waals surface area contributed by atoms with Crippen molar-refractivity contribution in [1.82, 2.24) is 9.88 Å². The zero-order valence-electron chi connectivity index (χ0n) is 21.4. The largest absolute Gasteiger partial charge is 0.490 e. The maximum Gasteiger partial charge on any atom is 0.283 e. The fraction of sp³-hybridized carbons (Fsp3) is 0.200. The first-order valence-corrected chi connectivity index (χ1v) is 13.2. The Morgan fingerprint density at radius 1 is 1.00 bits per heavy atom. The van der Waals surface area contributed by atoms with Crippen LogP contribution in [0, 0.1) is 0 Å². The van der Waals surface area contributed by atoms with Gasteiger partial charge >= 0.3 is 0 Å². The summed E-state index contributed by atoms with van der Waals surface area (Å²) < 4.78 is 41.8. The number of nitrogens with one attached hydrogen (secondary N) is 1. The summed E-state index contributed by atoms with van der Waals surface area (Å²) in [6.07, 6.45) is 4.07. The minimum Gasteiger partial charge on any atom is -0.490 e. The van der Waals surface area contributed by atoms with E-state index in [1.807, 2.05) is 37.3 Å². The van der Waals surface area contributed by atoms with E-state index >= 15 is 0 Å². The van der Waals surface area contributed by atoms with Crippen LogP contribution in [0.2, 0.25) is 0 Å². The van der Waals surface area contributed by atoms with E-state index in [2.05, 4.69) is 5.32 Å². The molecule has 39 heavy (non-hydrogen) atoms. The number of para-hydroxylation sites is 1. The Labute approximate surface area is 228 Å². The Bertz CT molecular complexity index is 1640. The molecule has 6 nitrogen and oxygen atoms in total. The van der Waals surface area contributed by atoms with E-state index < -0.39 is 11.7 Å². The van der Waals surface area contributed by atoms with Crippen LogP contribution in [0.15, 0.2) is 88.1 Å². The molecule has 3 aromatic rings. The summed E-state index contributed by atoms with van der Waals surface area (Å²) in [5, 5.41) is 3.20. The SMILES string of the molecule is C/C(=C1/CNC(=O)S1)c1ccc(OCCOc2c(C3=CCC=C(F)C(F)=C3)n(C)c3ccccc3c2=O)cc1. The van der Waals surface area contributed by atoms with Crippen molar-refractivity contribution in [2.75, 3.05) is 19.8 Å². The topological polar surface area (TPSA) is 69.6 Å². The van der Waals surface area contributed by atoms with Crippen molar-refractivity contribution in [3.8, 4) is 11.5 Å². The van der Waals surface area contributed by atoms with Gasteiger partial charge in [0.2, 0.25) is 5.43 Å². The smallest absolute Gasteiger partial charge is 0.283 e. The van der Waals surface area contributed by atoms with Gasteiger partial charge in [-0.3, -0.25) is 9.59 Å². The van der Waals surface area contributed by atoms with Gasteiger partial charge in [0.1, 0.15) is 19.0 Å². The van der Waals surface area contributed by atoms with Gasteiger partial charge in [0, 0.05) is 22.9 Å². The fourth-order valence-electron chi connectivity index (χ4n) is 4.55. The van der Waals surface area contributed by atoms with Gasteiger partial charge in [-0.1, -0.05) is 30.3 Å². The number of aromatic nitrogens is 1. The second-order valence-electron chi connectivity index (χ2n) is 9.04. The first-order chi connectivity index (χ1) is 18.8. The second kappa shape index (κ2) is 11.3. The van der Waals surface area contributed by atoms with Gasteiger partial charge in [0.15, 0.2) is 17.4 Å². The molecule has 2 aromatic carbocycles. The fourth-order valence-corrected chi connectivity index (χ4v) is 5.33. The number of benzene rings is 2. The highest BCUT2D eigenvalue weighted by Crippen LogP contribution is 2.33. The number of fused-ring (bicyclic) bond motifs is 1. The number of rotatable bonds is 7. The lowest BCUT2D eigenvalue weighted by molar-refractivity contribution is 0.215. The normalized spacial score (nSPS) is 16.7. The number of hydrogen-bond donors (Lipinski definition) is 1. The van der Waals surface area contributed by atoms with Gasteiger partial charge in [-0.25, -0.2) is 8.78 Å². The van der Waals surface area contributed by atoms with Gasteiger partial charge in [-0.15, -0.1) is 0 Å². The molecule has 5 rings (SSSR count). The van der Waals surface area contributed by atoms with E-state index in [0.29, 0.717) is 34.5 Å². The zero-order valence-corrected chi connectivity index (χ0v) is 22.2. The van der Waals surface area contributed by atoms with Crippen LogP contribution in [-0.2, 0) is 7.05 Å². The van der Waals surface area contributed by atoms with Crippen LogP contribution in [0.4, 0.5) is 13.6 Å². The molecule has 200 valence electrons. The minimum atomic E-state index is -1.00. The van der Waals surface area contributed by atoms with E-state index in [0.717, 1.165) is 28.2 Å². The average molecular weight is 549 g/mol. The molecule has 1 saturated heterocycles. The molecule has 0 unspecified atom stereocenters. The number of hydrogen-bond acceptors (Lipinski definition) is 5. The number of amides is 1. The Balaban J connectivity index is 1.35. The number of aryl methyl sites for hydroxylation is 1. The lowest BCUT2D eigenvalue weighted by atomic mass is 10.1. The summed E-state index contributed by atoms with van der Waals surface area (Å²) >= 11 is 1.21. The van der Waals surface area contributed by atoms with Crippen molar-refractivity contribution >= 4 is 39.1 Å². The van der Waals surface area contributed by atoms with Gasteiger partial charge in [0.25, 0.3) is 5.24 Å². The van der Waals surface area contributed by atoms with Gasteiger partial charge in [0.05, 0.1) is 17.8 Å². The van der Waals surface area contributed by atoms with Crippen molar-refractivity contribution < 1.29 is 23.0 Å². The molecule has 2 heterocycles. The van der Waals surface area contributed by atoms with Gasteiger partial charge < -0.3 is 19.4 Å². The van der Waals surface area contributed by atoms with Crippen molar-refractivity contribution in [2.24, 2.45) is 7.05 Å². The van der Waals surface area contributed by atoms with Crippen LogP contribution in [0.25, 0.3) is 22.0 Å². The summed E-state index contributed by atoms with van der Waals surface area (Å²) in [5.74, 6) is -1.27. The first kappa shape index (κ1) is 26.5. The number of halogens is 2. The van der Waals surface area contributed by atoms with E-state index in [-0.39, 0.29) is 36.1 Å². The third-order valence-electron chi connectivity index (χ3n) is 6.60. The van der Waals surface area contributed by atoms with E-state index in [1.54, 1.807) is 35.9 Å². The lowest BCUT2D eigenvalue weighted by Crippen LogP contribution is -2.19. The van der Waals surface area contributed by atoms with Crippen LogP contribution in [0.1, 0.15) is 24.6 Å². The van der Waals surface area contributed by atoms with Crippen molar-refractivity contribution in [3.05, 3.63) is 105 Å². The summed E-state index contributed by atoms with van der Waals surface area (Å²) in [5.41, 5.74) is 3.05. The minimum absolute atomic E-state index is 0.0472. The van der Waals surface area contributed by atoms with Crippen LogP contribution >= 0.6 is 11.8 Å². The van der Waals surface area contributed by atoms with Crippen LogP contribution in [0.3, 0.4) is 0 Å². The Kier molecular flexibility index (Phi) is 7.70. The molecule has 9 heteroatoms. The molecule has 1 N–H and O–H groups in total. The Morgan fingerprint density at radius 2 is 1.74 bits per heavy atom. The van der Waals surface area contributed by atoms with Crippen LogP contribution in [0.5, 0.6) is 11.5 Å². The third kappa shape index (κ3) is 5.54. The van der Waals surface area contributed by atoms with Crippen molar-refractivity contribution in [2.45, 2.75) is 13.3 Å². The molecule has 2 aliphatic rings. The Hall–Kier alpha value is -4.11. The van der Waals surface area contributed by atoms with Crippen molar-refractivity contribution in [1.29, 1.82) is 0 Å². The number of carbonyl (C=O) groups excluding carboxylic acids is 1. The summed E-state index contributed by atoms with van der Waals surface area (Å²) in [6.45, 7) is 2.72. The zero-order chi connectivity index (χ0) is 27.5. The maximum absolute atomic E-state index is 14.3. The monoisotopic (exact) mass is 548 g/mol. The number of thioether (sulfide) groups is 1. The molecular weight excluding hydrogens is 522 g/mol. The summed E-state index contributed by atoms with van der Waals surface area (Å²) in [6, 6.07) is 14.6. The number of ether oxygens (including phenoxy) is 2. The summed E-state index contributed by atoms with van der Waals surface area (Å²) in [7, 11) is 1.76. The molecular formula is C30H26F2N2O4S. The molecule has 0 radical (unpaired) electrons.